The van der Waals surface area contributed by atoms with Crippen LogP contribution >= 0.6 is 0 Å². The second kappa shape index (κ2) is 6.36. The summed E-state index contributed by atoms with van der Waals surface area (Å²) >= 11 is 0. The Labute approximate surface area is 104 Å². The lowest BCUT2D eigenvalue weighted by Crippen LogP contribution is -2.54. The predicted molar refractivity (Wildman–Crippen MR) is 68.4 cm³/mol. The molecule has 4 nitrogen and oxygen atoms in total. The van der Waals surface area contributed by atoms with Gasteiger partial charge >= 0.3 is 0 Å². The summed E-state index contributed by atoms with van der Waals surface area (Å²) in [5, 5.41) is 12.6. The maximum Gasteiger partial charge on any atom is 0.223 e. The molecular formula is C13H26N2O2. The molecule has 0 radical (unpaired) electrons. The monoisotopic (exact) mass is 242 g/mol. The maximum atomic E-state index is 12.0. The van der Waals surface area contributed by atoms with Crippen molar-refractivity contribution in [2.75, 3.05) is 13.2 Å². The Balaban J connectivity index is 2.54. The number of hydrogen-bond donors (Lipinski definition) is 3. The van der Waals surface area contributed by atoms with Crippen LogP contribution in [0.2, 0.25) is 0 Å². The summed E-state index contributed by atoms with van der Waals surface area (Å²) in [5.74, 6) is 0.662. The van der Waals surface area contributed by atoms with Crippen molar-refractivity contribution < 1.29 is 9.90 Å². The zero-order valence-corrected chi connectivity index (χ0v) is 11.0. The van der Waals surface area contributed by atoms with Crippen molar-refractivity contribution in [3.05, 3.63) is 0 Å². The van der Waals surface area contributed by atoms with Gasteiger partial charge in [0, 0.05) is 5.92 Å². The Kier molecular flexibility index (Phi) is 5.40. The molecule has 1 amide bonds. The minimum atomic E-state index is -0.382. The van der Waals surface area contributed by atoms with E-state index in [1.807, 2.05) is 6.92 Å². The summed E-state index contributed by atoms with van der Waals surface area (Å²) in [6.07, 6.45) is 4.61. The van der Waals surface area contributed by atoms with Gasteiger partial charge in [0.2, 0.25) is 5.91 Å². The van der Waals surface area contributed by atoms with E-state index in [9.17, 15) is 9.90 Å². The van der Waals surface area contributed by atoms with E-state index in [-0.39, 0.29) is 24.0 Å². The Morgan fingerprint density at radius 3 is 2.59 bits per heavy atom. The van der Waals surface area contributed by atoms with E-state index < -0.39 is 0 Å². The van der Waals surface area contributed by atoms with Crippen molar-refractivity contribution in [3.8, 4) is 0 Å². The first-order valence-electron chi connectivity index (χ1n) is 6.66. The molecule has 100 valence electrons. The van der Waals surface area contributed by atoms with Crippen LogP contribution in [0.4, 0.5) is 0 Å². The lowest BCUT2D eigenvalue weighted by molar-refractivity contribution is -0.128. The van der Waals surface area contributed by atoms with Crippen LogP contribution < -0.4 is 11.1 Å². The van der Waals surface area contributed by atoms with Crippen LogP contribution in [-0.4, -0.2) is 29.7 Å². The number of carbonyl (C=O) groups is 1. The molecule has 1 saturated carbocycles. The van der Waals surface area contributed by atoms with Crippen molar-refractivity contribution in [3.63, 3.8) is 0 Å². The smallest absolute Gasteiger partial charge is 0.223 e. The molecule has 0 saturated heterocycles. The number of rotatable bonds is 5. The highest BCUT2D eigenvalue weighted by atomic mass is 16.3. The largest absolute Gasteiger partial charge is 0.394 e. The Bertz CT molecular complexity index is 248. The number of carbonyl (C=O) groups excluding carboxylic acids is 1. The molecule has 4 N–H and O–H groups in total. The van der Waals surface area contributed by atoms with Crippen LogP contribution in [-0.2, 0) is 4.79 Å². The first-order valence-corrected chi connectivity index (χ1v) is 6.66. The Morgan fingerprint density at radius 2 is 2.12 bits per heavy atom. The number of amides is 1. The Hall–Kier alpha value is -0.610. The maximum absolute atomic E-state index is 12.0. The molecule has 0 aliphatic heterocycles. The molecule has 1 unspecified atom stereocenters. The van der Waals surface area contributed by atoms with Gasteiger partial charge in [-0.25, -0.2) is 0 Å². The van der Waals surface area contributed by atoms with Gasteiger partial charge in [-0.2, -0.15) is 0 Å². The van der Waals surface area contributed by atoms with E-state index in [1.54, 1.807) is 0 Å². The molecule has 0 bridgehead atoms. The highest BCUT2D eigenvalue weighted by molar-refractivity contribution is 5.79. The number of aliphatic hydroxyl groups is 1. The standard InChI is InChI=1S/C13H26N2O2/c1-10-3-6-13(9-16,7-4-10)15-12(17)11(2)5-8-14/h10-11,16H,3-9,14H2,1-2H3,(H,15,17). The van der Waals surface area contributed by atoms with Crippen molar-refractivity contribution in [1.29, 1.82) is 0 Å². The zero-order valence-electron chi connectivity index (χ0n) is 11.0. The molecular weight excluding hydrogens is 216 g/mol. The van der Waals surface area contributed by atoms with Crippen LogP contribution in [0.25, 0.3) is 0 Å². The van der Waals surface area contributed by atoms with Gasteiger partial charge in [0.25, 0.3) is 0 Å². The van der Waals surface area contributed by atoms with Crippen LogP contribution in [0.3, 0.4) is 0 Å². The third-order valence-electron chi connectivity index (χ3n) is 3.97. The third-order valence-corrected chi connectivity index (χ3v) is 3.97. The van der Waals surface area contributed by atoms with Crippen LogP contribution in [0.15, 0.2) is 0 Å². The SMILES string of the molecule is CC1CCC(CO)(NC(=O)C(C)CCN)CC1. The van der Waals surface area contributed by atoms with Gasteiger partial charge < -0.3 is 16.2 Å². The quantitative estimate of drug-likeness (QED) is 0.674. The summed E-state index contributed by atoms with van der Waals surface area (Å²) in [4.78, 5) is 12.0. The molecule has 0 aromatic rings. The fourth-order valence-corrected chi connectivity index (χ4v) is 2.40. The summed E-state index contributed by atoms with van der Waals surface area (Å²) in [6, 6.07) is 0. The minimum absolute atomic E-state index is 0.0269. The molecule has 1 fully saturated rings. The van der Waals surface area contributed by atoms with E-state index >= 15 is 0 Å². The van der Waals surface area contributed by atoms with Crippen LogP contribution in [0.5, 0.6) is 0 Å². The molecule has 1 atom stereocenters. The van der Waals surface area contributed by atoms with E-state index in [1.165, 1.54) is 0 Å². The summed E-state index contributed by atoms with van der Waals surface area (Å²) in [7, 11) is 0. The first kappa shape index (κ1) is 14.5. The van der Waals surface area contributed by atoms with Gasteiger partial charge in [-0.15, -0.1) is 0 Å². The molecule has 17 heavy (non-hydrogen) atoms. The zero-order chi connectivity index (χ0) is 12.9. The third kappa shape index (κ3) is 3.96. The van der Waals surface area contributed by atoms with E-state index in [4.69, 9.17) is 5.73 Å². The van der Waals surface area contributed by atoms with E-state index in [0.717, 1.165) is 25.7 Å². The van der Waals surface area contributed by atoms with Crippen molar-refractivity contribution in [2.24, 2.45) is 17.6 Å². The second-order valence-electron chi connectivity index (χ2n) is 5.59. The molecule has 1 aliphatic rings. The highest BCUT2D eigenvalue weighted by Crippen LogP contribution is 2.31. The van der Waals surface area contributed by atoms with Gasteiger partial charge in [0.05, 0.1) is 12.1 Å². The second-order valence-corrected chi connectivity index (χ2v) is 5.59. The molecule has 0 heterocycles. The Morgan fingerprint density at radius 1 is 1.53 bits per heavy atom. The van der Waals surface area contributed by atoms with Gasteiger partial charge in [0.15, 0.2) is 0 Å². The van der Waals surface area contributed by atoms with E-state index in [0.29, 0.717) is 18.9 Å². The van der Waals surface area contributed by atoms with E-state index in [2.05, 4.69) is 12.2 Å². The lowest BCUT2D eigenvalue weighted by Gasteiger charge is -2.39. The molecule has 1 aliphatic carbocycles. The van der Waals surface area contributed by atoms with Crippen LogP contribution in [0, 0.1) is 11.8 Å². The number of hydrogen-bond acceptors (Lipinski definition) is 3. The predicted octanol–water partition coefficient (Wildman–Crippen LogP) is 1.03. The number of nitrogens with one attached hydrogen (secondary N) is 1. The summed E-state index contributed by atoms with van der Waals surface area (Å²) in [5.41, 5.74) is 5.07. The average molecular weight is 242 g/mol. The van der Waals surface area contributed by atoms with Gasteiger partial charge in [-0.05, 0) is 44.6 Å². The average Bonchev–Trinajstić information content (AvgIpc) is 2.33. The molecule has 0 aromatic carbocycles. The first-order chi connectivity index (χ1) is 8.03. The molecule has 0 aromatic heterocycles. The van der Waals surface area contributed by atoms with Crippen LogP contribution in [0.1, 0.15) is 46.0 Å². The fourth-order valence-electron chi connectivity index (χ4n) is 2.40. The van der Waals surface area contributed by atoms with Gasteiger partial charge in [-0.3, -0.25) is 4.79 Å². The fraction of sp³-hybridized carbons (Fsp3) is 0.923. The van der Waals surface area contributed by atoms with Gasteiger partial charge in [0.1, 0.15) is 0 Å². The highest BCUT2D eigenvalue weighted by Gasteiger charge is 2.35. The molecule has 0 spiro atoms. The summed E-state index contributed by atoms with van der Waals surface area (Å²) in [6.45, 7) is 4.68. The number of aliphatic hydroxyl groups excluding tert-OH is 1. The molecule has 1 rings (SSSR count). The lowest BCUT2D eigenvalue weighted by atomic mass is 9.77. The van der Waals surface area contributed by atoms with Crippen molar-refractivity contribution in [1.82, 2.24) is 5.32 Å². The minimum Gasteiger partial charge on any atom is -0.394 e. The van der Waals surface area contributed by atoms with Crippen molar-refractivity contribution in [2.45, 2.75) is 51.5 Å². The van der Waals surface area contributed by atoms with Crippen molar-refractivity contribution >= 4 is 5.91 Å². The van der Waals surface area contributed by atoms with Gasteiger partial charge in [-0.1, -0.05) is 13.8 Å². The normalized spacial score (nSPS) is 30.9. The number of nitrogens with two attached hydrogens (primary N) is 1. The topological polar surface area (TPSA) is 75.3 Å². The summed E-state index contributed by atoms with van der Waals surface area (Å²) < 4.78 is 0. The molecule has 4 heteroatoms.